The smallest absolute Gasteiger partial charge is 0.334 e. The Morgan fingerprint density at radius 1 is 1.20 bits per heavy atom. The van der Waals surface area contributed by atoms with E-state index in [0.717, 1.165) is 12.8 Å². The number of hydrogen-bond acceptors (Lipinski definition) is 3. The number of carbonyl (C=O) groups is 1. The summed E-state index contributed by atoms with van der Waals surface area (Å²) in [5, 5.41) is 8.94. The summed E-state index contributed by atoms with van der Waals surface area (Å²) in [5.74, 6) is -0.518. The van der Waals surface area contributed by atoms with Crippen LogP contribution in [0.15, 0.2) is 0 Å². The van der Waals surface area contributed by atoms with Crippen LogP contribution in [0.4, 0.5) is 0 Å². The second-order valence-corrected chi connectivity index (χ2v) is 4.13. The van der Waals surface area contributed by atoms with Gasteiger partial charge in [0.15, 0.2) is 0 Å². The Bertz CT molecular complexity index is 166. The van der Waals surface area contributed by atoms with Gasteiger partial charge in [-0.15, -0.1) is 0 Å². The number of ether oxygens (including phenoxy) is 1. The van der Waals surface area contributed by atoms with Gasteiger partial charge in [0.2, 0.25) is 0 Å². The first-order valence-electron chi connectivity index (χ1n) is 5.96. The highest BCUT2D eigenvalue weighted by Crippen LogP contribution is 2.09. The van der Waals surface area contributed by atoms with Gasteiger partial charge in [-0.25, -0.2) is 4.79 Å². The Hall–Kier alpha value is -0.570. The summed E-state index contributed by atoms with van der Waals surface area (Å²) in [6.07, 6.45) is 5.88. The van der Waals surface area contributed by atoms with Crippen LogP contribution in [0.1, 0.15) is 59.3 Å². The van der Waals surface area contributed by atoms with Gasteiger partial charge in [-0.1, -0.05) is 32.6 Å². The van der Waals surface area contributed by atoms with Crippen LogP contribution in [0.25, 0.3) is 0 Å². The van der Waals surface area contributed by atoms with Crippen molar-refractivity contribution in [3.63, 3.8) is 0 Å². The van der Waals surface area contributed by atoms with Crippen LogP contribution in [-0.4, -0.2) is 23.3 Å². The average Bonchev–Trinajstić information content (AvgIpc) is 2.17. The SMILES string of the molecule is CCCCCCCC(C)OC(=O)C(C)O. The lowest BCUT2D eigenvalue weighted by Crippen LogP contribution is -2.24. The van der Waals surface area contributed by atoms with E-state index in [1.165, 1.54) is 32.6 Å². The van der Waals surface area contributed by atoms with Crippen molar-refractivity contribution in [3.8, 4) is 0 Å². The van der Waals surface area contributed by atoms with Crippen LogP contribution in [0.2, 0.25) is 0 Å². The zero-order valence-electron chi connectivity index (χ0n) is 10.2. The predicted molar refractivity (Wildman–Crippen MR) is 60.6 cm³/mol. The van der Waals surface area contributed by atoms with Crippen molar-refractivity contribution in [3.05, 3.63) is 0 Å². The second-order valence-electron chi connectivity index (χ2n) is 4.13. The maximum Gasteiger partial charge on any atom is 0.334 e. The number of aliphatic hydroxyl groups is 1. The second kappa shape index (κ2) is 8.72. The molecule has 0 aliphatic heterocycles. The Labute approximate surface area is 92.8 Å². The Balaban J connectivity index is 3.41. The van der Waals surface area contributed by atoms with E-state index in [4.69, 9.17) is 9.84 Å². The number of rotatable bonds is 8. The number of hydrogen-bond donors (Lipinski definition) is 1. The summed E-state index contributed by atoms with van der Waals surface area (Å²) < 4.78 is 5.03. The molecule has 3 heteroatoms. The molecule has 0 radical (unpaired) electrons. The zero-order valence-corrected chi connectivity index (χ0v) is 10.2. The van der Waals surface area contributed by atoms with Gasteiger partial charge >= 0.3 is 5.97 Å². The van der Waals surface area contributed by atoms with Crippen LogP contribution in [0.5, 0.6) is 0 Å². The van der Waals surface area contributed by atoms with Crippen molar-refractivity contribution in [1.82, 2.24) is 0 Å². The molecule has 1 N–H and O–H groups in total. The van der Waals surface area contributed by atoms with Crippen LogP contribution in [-0.2, 0) is 9.53 Å². The molecule has 0 aromatic carbocycles. The van der Waals surface area contributed by atoms with Gasteiger partial charge in [-0.05, 0) is 26.7 Å². The van der Waals surface area contributed by atoms with Crippen LogP contribution < -0.4 is 0 Å². The standard InChI is InChI=1S/C12H24O3/c1-4-5-6-7-8-9-10(2)15-12(14)11(3)13/h10-11,13H,4-9H2,1-3H3. The van der Waals surface area contributed by atoms with E-state index < -0.39 is 12.1 Å². The van der Waals surface area contributed by atoms with Gasteiger partial charge < -0.3 is 9.84 Å². The third-order valence-electron chi connectivity index (χ3n) is 2.37. The average molecular weight is 216 g/mol. The minimum absolute atomic E-state index is 0.0753. The molecule has 0 aliphatic carbocycles. The lowest BCUT2D eigenvalue weighted by atomic mass is 10.1. The van der Waals surface area contributed by atoms with Gasteiger partial charge in [0.05, 0.1) is 6.10 Å². The van der Waals surface area contributed by atoms with E-state index in [9.17, 15) is 4.79 Å². The Kier molecular flexibility index (Phi) is 8.38. The van der Waals surface area contributed by atoms with Crippen molar-refractivity contribution in [2.24, 2.45) is 0 Å². The molecule has 0 rings (SSSR count). The quantitative estimate of drug-likeness (QED) is 0.501. The van der Waals surface area contributed by atoms with Crippen LogP contribution in [0, 0.1) is 0 Å². The lowest BCUT2D eigenvalue weighted by Gasteiger charge is -2.14. The molecule has 0 saturated heterocycles. The van der Waals surface area contributed by atoms with E-state index in [2.05, 4.69) is 6.92 Å². The van der Waals surface area contributed by atoms with E-state index in [1.54, 1.807) is 0 Å². The molecular formula is C12H24O3. The Morgan fingerprint density at radius 2 is 1.80 bits per heavy atom. The molecular weight excluding hydrogens is 192 g/mol. The molecule has 0 fully saturated rings. The first kappa shape index (κ1) is 14.4. The maximum atomic E-state index is 11.0. The maximum absolute atomic E-state index is 11.0. The Morgan fingerprint density at radius 3 is 2.33 bits per heavy atom. The fraction of sp³-hybridized carbons (Fsp3) is 0.917. The van der Waals surface area contributed by atoms with Gasteiger partial charge in [-0.2, -0.15) is 0 Å². The molecule has 90 valence electrons. The van der Waals surface area contributed by atoms with E-state index >= 15 is 0 Å². The molecule has 0 bridgehead atoms. The summed E-state index contributed by atoms with van der Waals surface area (Å²) in [5.41, 5.74) is 0. The summed E-state index contributed by atoms with van der Waals surface area (Å²) >= 11 is 0. The molecule has 15 heavy (non-hydrogen) atoms. The fourth-order valence-corrected chi connectivity index (χ4v) is 1.39. The topological polar surface area (TPSA) is 46.5 Å². The largest absolute Gasteiger partial charge is 0.461 e. The molecule has 2 unspecified atom stereocenters. The van der Waals surface area contributed by atoms with E-state index in [1.807, 2.05) is 6.92 Å². The fourth-order valence-electron chi connectivity index (χ4n) is 1.39. The van der Waals surface area contributed by atoms with Crippen molar-refractivity contribution in [2.75, 3.05) is 0 Å². The first-order chi connectivity index (χ1) is 7.07. The van der Waals surface area contributed by atoms with Gasteiger partial charge in [0.1, 0.15) is 6.10 Å². The van der Waals surface area contributed by atoms with Crippen molar-refractivity contribution in [1.29, 1.82) is 0 Å². The summed E-state index contributed by atoms with van der Waals surface area (Å²) in [6.45, 7) is 5.49. The normalized spacial score (nSPS) is 14.7. The molecule has 0 spiro atoms. The highest BCUT2D eigenvalue weighted by Gasteiger charge is 2.13. The first-order valence-corrected chi connectivity index (χ1v) is 5.96. The number of aliphatic hydroxyl groups excluding tert-OH is 1. The molecule has 3 nitrogen and oxygen atoms in total. The van der Waals surface area contributed by atoms with E-state index in [0.29, 0.717) is 0 Å². The van der Waals surface area contributed by atoms with Crippen molar-refractivity contribution in [2.45, 2.75) is 71.5 Å². The molecule has 0 amide bonds. The van der Waals surface area contributed by atoms with Crippen LogP contribution >= 0.6 is 0 Å². The molecule has 2 atom stereocenters. The minimum Gasteiger partial charge on any atom is -0.461 e. The third kappa shape index (κ3) is 8.43. The highest BCUT2D eigenvalue weighted by molar-refractivity contribution is 5.73. The van der Waals surface area contributed by atoms with E-state index in [-0.39, 0.29) is 6.10 Å². The molecule has 0 saturated carbocycles. The molecule has 0 aromatic heterocycles. The monoisotopic (exact) mass is 216 g/mol. The molecule has 0 heterocycles. The van der Waals surface area contributed by atoms with Crippen molar-refractivity contribution >= 4 is 5.97 Å². The summed E-state index contributed by atoms with van der Waals surface area (Å²) in [7, 11) is 0. The summed E-state index contributed by atoms with van der Waals surface area (Å²) in [4.78, 5) is 11.0. The number of unbranched alkanes of at least 4 members (excludes halogenated alkanes) is 4. The van der Waals surface area contributed by atoms with Crippen molar-refractivity contribution < 1.29 is 14.6 Å². The predicted octanol–water partition coefficient (Wildman–Crippen LogP) is 2.66. The summed E-state index contributed by atoms with van der Waals surface area (Å²) in [6, 6.07) is 0. The van der Waals surface area contributed by atoms with Gasteiger partial charge in [-0.3, -0.25) is 0 Å². The van der Waals surface area contributed by atoms with Gasteiger partial charge in [0.25, 0.3) is 0 Å². The number of carbonyl (C=O) groups excluding carboxylic acids is 1. The molecule has 0 aliphatic rings. The lowest BCUT2D eigenvalue weighted by molar-refractivity contribution is -0.157. The highest BCUT2D eigenvalue weighted by atomic mass is 16.6. The number of esters is 1. The zero-order chi connectivity index (χ0) is 11.7. The van der Waals surface area contributed by atoms with Crippen LogP contribution in [0.3, 0.4) is 0 Å². The minimum atomic E-state index is -1.01. The van der Waals surface area contributed by atoms with Gasteiger partial charge in [0, 0.05) is 0 Å². The third-order valence-corrected chi connectivity index (χ3v) is 2.37. The molecule has 0 aromatic rings.